The van der Waals surface area contributed by atoms with Crippen molar-refractivity contribution in [3.8, 4) is 34.7 Å². The van der Waals surface area contributed by atoms with Crippen molar-refractivity contribution < 1.29 is 9.53 Å². The molecule has 3 aromatic rings. The minimum atomic E-state index is -0.135. The lowest BCUT2D eigenvalue weighted by molar-refractivity contribution is -0.126. The lowest BCUT2D eigenvalue weighted by Crippen LogP contribution is -2.38. The van der Waals surface area contributed by atoms with Gasteiger partial charge in [0.25, 0.3) is 5.91 Å². The molecule has 4 N–H and O–H groups in total. The number of amides is 1. The van der Waals surface area contributed by atoms with E-state index in [0.717, 1.165) is 24.2 Å². The van der Waals surface area contributed by atoms with Gasteiger partial charge in [-0.25, -0.2) is 4.68 Å². The first-order valence-corrected chi connectivity index (χ1v) is 10.6. The Kier molecular flexibility index (Phi) is 6.38. The normalized spacial score (nSPS) is 14.0. The average molecular weight is 431 g/mol. The van der Waals surface area contributed by atoms with Gasteiger partial charge in [-0.3, -0.25) is 9.78 Å². The number of rotatable bonds is 5. The monoisotopic (exact) mass is 430 g/mol. The molecule has 32 heavy (non-hydrogen) atoms. The molecule has 1 saturated heterocycles. The van der Waals surface area contributed by atoms with Gasteiger partial charge in [-0.1, -0.05) is 24.1 Å². The van der Waals surface area contributed by atoms with Gasteiger partial charge < -0.3 is 21.1 Å². The molecule has 0 atom stereocenters. The summed E-state index contributed by atoms with van der Waals surface area (Å²) in [6.07, 6.45) is 3.17. The standard InChI is InChI=1S/C24H26N6O2/c1-2-6-22(31)29-13-11-17(12-14-29)30-24(26)20(15-25)23(28-30)21-10-9-19(16-27-21)32-18-7-4-3-5-8-18/h3-5,7-10,16-17H,11-15,25-26H2,1H3. The molecule has 4 rings (SSSR count). The molecule has 0 saturated carbocycles. The Morgan fingerprint density at radius 3 is 2.53 bits per heavy atom. The van der Waals surface area contributed by atoms with Crippen molar-refractivity contribution in [2.45, 2.75) is 32.4 Å². The van der Waals surface area contributed by atoms with Crippen molar-refractivity contribution in [3.05, 3.63) is 54.2 Å². The number of aromatic nitrogens is 3. The van der Waals surface area contributed by atoms with Crippen LogP contribution in [0.25, 0.3) is 11.4 Å². The summed E-state index contributed by atoms with van der Waals surface area (Å²) in [5.74, 6) is 7.05. The highest BCUT2D eigenvalue weighted by molar-refractivity contribution is 5.93. The van der Waals surface area contributed by atoms with Crippen molar-refractivity contribution in [3.63, 3.8) is 0 Å². The first-order chi connectivity index (χ1) is 15.6. The number of nitrogens with two attached hydrogens (primary N) is 2. The molecule has 0 spiro atoms. The second-order valence-electron chi connectivity index (χ2n) is 7.55. The summed E-state index contributed by atoms with van der Waals surface area (Å²) in [6, 6.07) is 13.3. The number of pyridine rings is 1. The third-order valence-electron chi connectivity index (χ3n) is 5.54. The molecule has 2 aromatic heterocycles. The molecule has 0 unspecified atom stereocenters. The number of carbonyl (C=O) groups is 1. The second kappa shape index (κ2) is 9.54. The maximum atomic E-state index is 12.0. The van der Waals surface area contributed by atoms with Crippen LogP contribution in [0.15, 0.2) is 48.7 Å². The number of hydrogen-bond acceptors (Lipinski definition) is 6. The van der Waals surface area contributed by atoms with Gasteiger partial charge in [0.05, 0.1) is 17.9 Å². The highest BCUT2D eigenvalue weighted by Crippen LogP contribution is 2.32. The summed E-state index contributed by atoms with van der Waals surface area (Å²) < 4.78 is 7.65. The van der Waals surface area contributed by atoms with Gasteiger partial charge in [0.15, 0.2) is 0 Å². The van der Waals surface area contributed by atoms with Gasteiger partial charge in [-0.2, -0.15) is 5.10 Å². The van der Waals surface area contributed by atoms with Crippen molar-refractivity contribution in [1.82, 2.24) is 19.7 Å². The summed E-state index contributed by atoms with van der Waals surface area (Å²) in [4.78, 5) is 18.3. The fourth-order valence-electron chi connectivity index (χ4n) is 3.87. The van der Waals surface area contributed by atoms with Gasteiger partial charge in [-0.05, 0) is 50.0 Å². The summed E-state index contributed by atoms with van der Waals surface area (Å²) in [5.41, 5.74) is 14.6. The summed E-state index contributed by atoms with van der Waals surface area (Å²) in [5, 5.41) is 4.77. The van der Waals surface area contributed by atoms with Crippen LogP contribution >= 0.6 is 0 Å². The van der Waals surface area contributed by atoms with E-state index in [-0.39, 0.29) is 18.5 Å². The van der Waals surface area contributed by atoms with Crippen LogP contribution in [0, 0.1) is 11.8 Å². The molecule has 1 aliphatic rings. The van der Waals surface area contributed by atoms with Crippen LogP contribution in [0.1, 0.15) is 31.4 Å². The van der Waals surface area contributed by atoms with E-state index in [4.69, 9.17) is 21.3 Å². The minimum absolute atomic E-state index is 0.0911. The molecular formula is C24H26N6O2. The number of likely N-dealkylation sites (tertiary alicyclic amines) is 1. The number of benzene rings is 1. The van der Waals surface area contributed by atoms with Gasteiger partial charge >= 0.3 is 0 Å². The van der Waals surface area contributed by atoms with Crippen LogP contribution in [-0.2, 0) is 11.3 Å². The van der Waals surface area contributed by atoms with E-state index in [9.17, 15) is 4.79 Å². The quantitative estimate of drug-likeness (QED) is 0.602. The maximum absolute atomic E-state index is 12.0. The number of carbonyl (C=O) groups excluding carboxylic acids is 1. The van der Waals surface area contributed by atoms with Crippen LogP contribution in [0.3, 0.4) is 0 Å². The van der Waals surface area contributed by atoms with Crippen molar-refractivity contribution in [2.75, 3.05) is 18.8 Å². The Morgan fingerprint density at radius 2 is 1.91 bits per heavy atom. The number of nitrogens with zero attached hydrogens (tertiary/aromatic N) is 4. The average Bonchev–Trinajstić information content (AvgIpc) is 3.16. The third kappa shape index (κ3) is 4.43. The lowest BCUT2D eigenvalue weighted by Gasteiger charge is -2.31. The molecule has 1 aromatic carbocycles. The second-order valence-corrected chi connectivity index (χ2v) is 7.55. The molecule has 8 nitrogen and oxygen atoms in total. The molecule has 1 amide bonds. The van der Waals surface area contributed by atoms with Crippen LogP contribution in [0.2, 0.25) is 0 Å². The summed E-state index contributed by atoms with van der Waals surface area (Å²) in [6.45, 7) is 3.16. The van der Waals surface area contributed by atoms with E-state index < -0.39 is 0 Å². The zero-order valence-corrected chi connectivity index (χ0v) is 18.0. The number of anilines is 1. The number of para-hydroxylation sites is 1. The predicted molar refractivity (Wildman–Crippen MR) is 123 cm³/mol. The van der Waals surface area contributed by atoms with E-state index in [0.29, 0.717) is 36.0 Å². The Morgan fingerprint density at radius 1 is 1.16 bits per heavy atom. The zero-order chi connectivity index (χ0) is 22.5. The van der Waals surface area contributed by atoms with Crippen LogP contribution in [0.5, 0.6) is 11.5 Å². The van der Waals surface area contributed by atoms with E-state index in [1.807, 2.05) is 47.1 Å². The van der Waals surface area contributed by atoms with E-state index in [2.05, 4.69) is 16.8 Å². The lowest BCUT2D eigenvalue weighted by atomic mass is 10.0. The number of ether oxygens (including phenoxy) is 1. The molecule has 0 bridgehead atoms. The molecular weight excluding hydrogens is 404 g/mol. The largest absolute Gasteiger partial charge is 0.456 e. The highest BCUT2D eigenvalue weighted by Gasteiger charge is 2.27. The Bertz CT molecular complexity index is 1140. The Balaban J connectivity index is 1.52. The molecule has 0 radical (unpaired) electrons. The van der Waals surface area contributed by atoms with Gasteiger partial charge in [0.1, 0.15) is 23.0 Å². The van der Waals surface area contributed by atoms with Gasteiger partial charge in [-0.15, -0.1) is 0 Å². The molecule has 164 valence electrons. The first-order valence-electron chi connectivity index (χ1n) is 10.6. The van der Waals surface area contributed by atoms with Gasteiger partial charge in [0, 0.05) is 25.2 Å². The minimum Gasteiger partial charge on any atom is -0.456 e. The first kappa shape index (κ1) is 21.4. The zero-order valence-electron chi connectivity index (χ0n) is 18.0. The topological polar surface area (TPSA) is 112 Å². The summed E-state index contributed by atoms with van der Waals surface area (Å²) >= 11 is 0. The smallest absolute Gasteiger partial charge is 0.298 e. The fourth-order valence-corrected chi connectivity index (χ4v) is 3.87. The van der Waals surface area contributed by atoms with Gasteiger partial charge in [0.2, 0.25) is 0 Å². The highest BCUT2D eigenvalue weighted by atomic mass is 16.5. The molecule has 3 heterocycles. The molecule has 0 aliphatic carbocycles. The van der Waals surface area contributed by atoms with Crippen molar-refractivity contribution in [2.24, 2.45) is 5.73 Å². The van der Waals surface area contributed by atoms with Crippen molar-refractivity contribution in [1.29, 1.82) is 0 Å². The number of hydrogen-bond donors (Lipinski definition) is 2. The summed E-state index contributed by atoms with van der Waals surface area (Å²) in [7, 11) is 0. The van der Waals surface area contributed by atoms with Crippen LogP contribution in [-0.4, -0.2) is 38.7 Å². The predicted octanol–water partition coefficient (Wildman–Crippen LogP) is 2.97. The third-order valence-corrected chi connectivity index (χ3v) is 5.54. The van der Waals surface area contributed by atoms with Crippen LogP contribution < -0.4 is 16.2 Å². The Hall–Kier alpha value is -3.83. The van der Waals surface area contributed by atoms with E-state index in [1.54, 1.807) is 18.0 Å². The van der Waals surface area contributed by atoms with E-state index in [1.165, 1.54) is 0 Å². The maximum Gasteiger partial charge on any atom is 0.298 e. The number of piperidine rings is 1. The number of nitrogen functional groups attached to an aromatic ring is 1. The Labute approximate surface area is 187 Å². The van der Waals surface area contributed by atoms with Crippen molar-refractivity contribution >= 4 is 11.7 Å². The van der Waals surface area contributed by atoms with Crippen LogP contribution in [0.4, 0.5) is 5.82 Å². The molecule has 1 fully saturated rings. The van der Waals surface area contributed by atoms with E-state index >= 15 is 0 Å². The molecule has 1 aliphatic heterocycles. The SMILES string of the molecule is CC#CC(=O)N1CCC(n2nc(-c3ccc(Oc4ccccc4)cn3)c(CN)c2N)CC1. The molecule has 8 heteroatoms. The fraction of sp³-hybridized carbons (Fsp3) is 0.292.